The summed E-state index contributed by atoms with van der Waals surface area (Å²) in [5.41, 5.74) is 0.642. The van der Waals surface area contributed by atoms with Gasteiger partial charge in [0, 0.05) is 29.8 Å². The molecule has 6 aromatic rings. The van der Waals surface area contributed by atoms with Crippen LogP contribution in [0.25, 0.3) is 10.9 Å². The number of pyridine rings is 1. The predicted molar refractivity (Wildman–Crippen MR) is 153 cm³/mol. The number of aromatic nitrogens is 1. The Morgan fingerprint density at radius 2 is 0.868 bits per heavy atom. The number of carboxylic acid groups (broad SMARTS) is 1. The SMILES string of the molecule is O=C([O-])c1ccc2ccccc2n1.[Sb].[c]1ccccc1.[c]1ccccc1.[c]1ccccc1.[c]1ccccc1. The van der Waals surface area contributed by atoms with Crippen LogP contribution in [0.3, 0.4) is 0 Å². The molecule has 1 aromatic heterocycles. The largest absolute Gasteiger partial charge is 0.543 e. The van der Waals surface area contributed by atoms with E-state index >= 15 is 0 Å². The van der Waals surface area contributed by atoms with Gasteiger partial charge in [0.05, 0.1) is 17.2 Å². The molecule has 0 aliphatic heterocycles. The molecule has 38 heavy (non-hydrogen) atoms. The van der Waals surface area contributed by atoms with Gasteiger partial charge in [-0.25, -0.2) is 4.98 Å². The molecule has 5 aromatic carbocycles. The van der Waals surface area contributed by atoms with E-state index in [0.29, 0.717) is 5.52 Å². The number of benzene rings is 5. The van der Waals surface area contributed by atoms with Crippen molar-refractivity contribution in [2.75, 3.05) is 0 Å². The van der Waals surface area contributed by atoms with E-state index in [0.717, 1.165) is 5.39 Å². The average molecular weight is 602 g/mol. The molecule has 0 aliphatic rings. The second kappa shape index (κ2) is 22.0. The molecular formula is C34H26NO2Sb-. The smallest absolute Gasteiger partial charge is 0.0900 e. The zero-order chi connectivity index (χ0) is 26.2. The van der Waals surface area contributed by atoms with Gasteiger partial charge < -0.3 is 9.90 Å². The number of hydrogen-bond donors (Lipinski definition) is 0. The number of nitrogens with zero attached hydrogens (tertiary/aromatic N) is 1. The van der Waals surface area contributed by atoms with Gasteiger partial charge in [-0.05, 0) is 36.4 Å². The van der Waals surface area contributed by atoms with Crippen LogP contribution in [0.5, 0.6) is 0 Å². The number of hydrogen-bond acceptors (Lipinski definition) is 3. The minimum absolute atomic E-state index is 0. The van der Waals surface area contributed by atoms with E-state index in [4.69, 9.17) is 0 Å². The average Bonchev–Trinajstić information content (AvgIpc) is 3.02. The molecule has 0 N–H and O–H groups in total. The van der Waals surface area contributed by atoms with Crippen LogP contribution in [0, 0.1) is 24.3 Å². The second-order valence-electron chi connectivity index (χ2n) is 6.99. The minimum atomic E-state index is -1.24. The Morgan fingerprint density at radius 1 is 0.500 bits per heavy atom. The normalized spacial score (nSPS) is 8.53. The number of carbonyl (C=O) groups is 1. The second-order valence-corrected chi connectivity index (χ2v) is 6.99. The van der Waals surface area contributed by atoms with Gasteiger partial charge in [0.25, 0.3) is 0 Å². The van der Waals surface area contributed by atoms with E-state index in [1.54, 1.807) is 12.1 Å². The molecule has 0 bridgehead atoms. The molecule has 0 saturated heterocycles. The van der Waals surface area contributed by atoms with Crippen molar-refractivity contribution in [3.8, 4) is 0 Å². The Labute approximate surface area is 242 Å². The van der Waals surface area contributed by atoms with E-state index in [1.807, 2.05) is 140 Å². The molecule has 0 atom stereocenters. The molecule has 185 valence electrons. The predicted octanol–water partition coefficient (Wildman–Crippen LogP) is 6.16. The molecule has 0 amide bonds. The van der Waals surface area contributed by atoms with Crippen LogP contribution in [-0.2, 0) is 0 Å². The van der Waals surface area contributed by atoms with Crippen molar-refractivity contribution in [2.24, 2.45) is 0 Å². The Bertz CT molecular complexity index is 1100. The molecule has 3 nitrogen and oxygen atoms in total. The van der Waals surface area contributed by atoms with Gasteiger partial charge in [-0.1, -0.05) is 146 Å². The van der Waals surface area contributed by atoms with Crippen molar-refractivity contribution in [1.82, 2.24) is 4.98 Å². The number of carboxylic acids is 1. The summed E-state index contributed by atoms with van der Waals surface area (Å²) in [5.74, 6) is -1.24. The molecule has 0 fully saturated rings. The van der Waals surface area contributed by atoms with Crippen molar-refractivity contribution in [3.63, 3.8) is 0 Å². The van der Waals surface area contributed by atoms with E-state index in [2.05, 4.69) is 29.2 Å². The first-order valence-electron chi connectivity index (χ1n) is 11.5. The number of carbonyl (C=O) groups excluding carboxylic acids is 1. The molecule has 0 aliphatic carbocycles. The summed E-state index contributed by atoms with van der Waals surface area (Å²) in [5, 5.41) is 11.4. The fraction of sp³-hybridized carbons (Fsp3) is 0. The quantitative estimate of drug-likeness (QED) is 0.212. The van der Waals surface area contributed by atoms with Crippen molar-refractivity contribution in [2.45, 2.75) is 0 Å². The Morgan fingerprint density at radius 3 is 1.16 bits per heavy atom. The first-order chi connectivity index (χ1) is 18.3. The summed E-state index contributed by atoms with van der Waals surface area (Å²) in [6.45, 7) is 0. The standard InChI is InChI=1S/C10H7NO2.4C6H5.Sb/c12-10(13)9-6-5-7-3-1-2-4-8(7)11-9;4*1-2-4-6-5-3-1;/h1-6H,(H,12,13);4*1-5H;/p-1. The molecule has 0 spiro atoms. The van der Waals surface area contributed by atoms with Crippen molar-refractivity contribution in [1.29, 1.82) is 0 Å². The fourth-order valence-electron chi connectivity index (χ4n) is 2.55. The monoisotopic (exact) mass is 601 g/mol. The zero-order valence-electron chi connectivity index (χ0n) is 20.7. The van der Waals surface area contributed by atoms with Crippen molar-refractivity contribution in [3.05, 3.63) is 188 Å². The molecule has 0 saturated carbocycles. The third kappa shape index (κ3) is 15.7. The zero-order valence-corrected chi connectivity index (χ0v) is 23.3. The van der Waals surface area contributed by atoms with Crippen LogP contribution in [0.2, 0.25) is 0 Å². The third-order valence-electron chi connectivity index (χ3n) is 4.24. The molecule has 7 radical (unpaired) electrons. The Balaban J connectivity index is 0.000000249. The Hall–Kier alpha value is -4.20. The minimum Gasteiger partial charge on any atom is -0.543 e. The molecular weight excluding hydrogens is 576 g/mol. The number of para-hydroxylation sites is 1. The van der Waals surface area contributed by atoms with Gasteiger partial charge in [-0.3, -0.25) is 0 Å². The number of fused-ring (bicyclic) bond motifs is 1. The fourth-order valence-corrected chi connectivity index (χ4v) is 2.55. The van der Waals surface area contributed by atoms with Gasteiger partial charge >= 0.3 is 0 Å². The summed E-state index contributed by atoms with van der Waals surface area (Å²) < 4.78 is 0. The van der Waals surface area contributed by atoms with Crippen LogP contribution in [0.1, 0.15) is 10.5 Å². The Kier molecular flexibility index (Phi) is 18.5. The van der Waals surface area contributed by atoms with Gasteiger partial charge in [0.15, 0.2) is 0 Å². The van der Waals surface area contributed by atoms with Crippen molar-refractivity contribution >= 4 is 41.3 Å². The van der Waals surface area contributed by atoms with Gasteiger partial charge in [0.1, 0.15) is 0 Å². The van der Waals surface area contributed by atoms with Gasteiger partial charge in [-0.15, -0.1) is 0 Å². The first kappa shape index (κ1) is 31.8. The maximum Gasteiger partial charge on any atom is 0.0900 e. The van der Waals surface area contributed by atoms with E-state index < -0.39 is 5.97 Å². The van der Waals surface area contributed by atoms with Gasteiger partial charge in [0.2, 0.25) is 0 Å². The maximum absolute atomic E-state index is 10.5. The van der Waals surface area contributed by atoms with Crippen molar-refractivity contribution < 1.29 is 9.90 Å². The van der Waals surface area contributed by atoms with E-state index in [1.165, 1.54) is 6.07 Å². The summed E-state index contributed by atoms with van der Waals surface area (Å²) >= 11 is 0. The number of aromatic carboxylic acids is 1. The molecule has 1 heterocycles. The van der Waals surface area contributed by atoms with Crippen LogP contribution in [0.4, 0.5) is 0 Å². The van der Waals surface area contributed by atoms with Crippen LogP contribution in [0.15, 0.2) is 158 Å². The third-order valence-corrected chi connectivity index (χ3v) is 4.24. The molecule has 6 rings (SSSR count). The summed E-state index contributed by atoms with van der Waals surface area (Å²) in [4.78, 5) is 14.4. The van der Waals surface area contributed by atoms with Gasteiger partial charge in [-0.2, -0.15) is 0 Å². The van der Waals surface area contributed by atoms with Crippen LogP contribution >= 0.6 is 0 Å². The topological polar surface area (TPSA) is 53.0 Å². The van der Waals surface area contributed by atoms with E-state index in [-0.39, 0.29) is 30.1 Å². The molecule has 4 heteroatoms. The van der Waals surface area contributed by atoms with E-state index in [9.17, 15) is 9.90 Å². The summed E-state index contributed by atoms with van der Waals surface area (Å²) in [6.07, 6.45) is 0. The van der Waals surface area contributed by atoms with Crippen LogP contribution < -0.4 is 5.11 Å². The summed E-state index contributed by atoms with van der Waals surface area (Å²) in [7, 11) is 0. The molecule has 0 unspecified atom stereocenters. The maximum atomic E-state index is 10.5. The van der Waals surface area contributed by atoms with Crippen LogP contribution in [-0.4, -0.2) is 35.4 Å². The summed E-state index contributed by atoms with van der Waals surface area (Å²) in [6, 6.07) is 60.5. The first-order valence-corrected chi connectivity index (χ1v) is 11.5. The number of rotatable bonds is 1.